The third-order valence-electron chi connectivity index (χ3n) is 3.92. The number of aliphatic hydroxyl groups is 1. The van der Waals surface area contributed by atoms with Gasteiger partial charge in [0.05, 0.1) is 11.5 Å². The second-order valence-corrected chi connectivity index (χ2v) is 6.12. The number of nitrogens with two attached hydrogens (primary N) is 1. The molecule has 2 heterocycles. The largest absolute Gasteiger partial charge is 0.392 e. The SMILES string of the molecule is C[C@@H](O)CNc1ccc2c(=O)c(C(N)=O)cn(-c3c(F)cc(F)cc3F)c2n1. The molecular weight excluding hydrogens is 377 g/mol. The Morgan fingerprint density at radius 3 is 2.50 bits per heavy atom. The van der Waals surface area contributed by atoms with Gasteiger partial charge in [-0.05, 0) is 19.1 Å². The van der Waals surface area contributed by atoms with Gasteiger partial charge in [0, 0.05) is 24.9 Å². The summed E-state index contributed by atoms with van der Waals surface area (Å²) in [6.45, 7) is 1.66. The van der Waals surface area contributed by atoms with E-state index in [1.807, 2.05) is 0 Å². The lowest BCUT2D eigenvalue weighted by atomic mass is 10.1. The monoisotopic (exact) mass is 392 g/mol. The maximum absolute atomic E-state index is 14.3. The van der Waals surface area contributed by atoms with Crippen LogP contribution in [-0.2, 0) is 0 Å². The first kappa shape index (κ1) is 19.4. The van der Waals surface area contributed by atoms with Gasteiger partial charge in [0.2, 0.25) is 5.43 Å². The van der Waals surface area contributed by atoms with Crippen LogP contribution < -0.4 is 16.5 Å². The maximum Gasteiger partial charge on any atom is 0.254 e. The molecule has 3 rings (SSSR count). The van der Waals surface area contributed by atoms with Crippen molar-refractivity contribution >= 4 is 22.8 Å². The van der Waals surface area contributed by atoms with Crippen molar-refractivity contribution in [3.63, 3.8) is 0 Å². The van der Waals surface area contributed by atoms with E-state index < -0.39 is 46.1 Å². The first-order valence-corrected chi connectivity index (χ1v) is 8.12. The van der Waals surface area contributed by atoms with Crippen LogP contribution in [0.3, 0.4) is 0 Å². The summed E-state index contributed by atoms with van der Waals surface area (Å²) in [4.78, 5) is 28.3. The van der Waals surface area contributed by atoms with Gasteiger partial charge in [-0.25, -0.2) is 18.2 Å². The number of fused-ring (bicyclic) bond motifs is 1. The van der Waals surface area contributed by atoms with E-state index in [9.17, 15) is 27.9 Å². The predicted molar refractivity (Wildman–Crippen MR) is 95.9 cm³/mol. The van der Waals surface area contributed by atoms with E-state index in [1.54, 1.807) is 0 Å². The highest BCUT2D eigenvalue weighted by atomic mass is 19.1. The van der Waals surface area contributed by atoms with Crippen molar-refractivity contribution in [3.8, 4) is 5.69 Å². The number of pyridine rings is 2. The van der Waals surface area contributed by atoms with Crippen molar-refractivity contribution in [2.24, 2.45) is 5.73 Å². The van der Waals surface area contributed by atoms with Crippen LogP contribution in [0.4, 0.5) is 19.0 Å². The van der Waals surface area contributed by atoms with Gasteiger partial charge in [-0.2, -0.15) is 0 Å². The van der Waals surface area contributed by atoms with E-state index in [0.717, 1.165) is 10.8 Å². The van der Waals surface area contributed by atoms with Crippen LogP contribution in [0.5, 0.6) is 0 Å². The minimum Gasteiger partial charge on any atom is -0.392 e. The van der Waals surface area contributed by atoms with E-state index in [4.69, 9.17) is 5.73 Å². The highest BCUT2D eigenvalue weighted by molar-refractivity contribution is 5.96. The summed E-state index contributed by atoms with van der Waals surface area (Å²) < 4.78 is 42.8. The molecule has 7 nitrogen and oxygen atoms in total. The molecule has 0 aliphatic heterocycles. The van der Waals surface area contributed by atoms with Crippen LogP contribution in [0.1, 0.15) is 17.3 Å². The van der Waals surface area contributed by atoms with Crippen LogP contribution in [-0.4, -0.2) is 33.2 Å². The molecule has 1 amide bonds. The molecule has 2 aromatic heterocycles. The Morgan fingerprint density at radius 2 is 1.93 bits per heavy atom. The summed E-state index contributed by atoms with van der Waals surface area (Å²) in [7, 11) is 0. The van der Waals surface area contributed by atoms with E-state index in [2.05, 4.69) is 10.3 Å². The Balaban J connectivity index is 2.36. The molecule has 0 aliphatic rings. The van der Waals surface area contributed by atoms with Gasteiger partial charge in [0.15, 0.2) is 17.3 Å². The van der Waals surface area contributed by atoms with Crippen molar-refractivity contribution < 1.29 is 23.1 Å². The lowest BCUT2D eigenvalue weighted by Crippen LogP contribution is -2.25. The average Bonchev–Trinajstić information content (AvgIpc) is 2.60. The third-order valence-corrected chi connectivity index (χ3v) is 3.92. The molecule has 0 radical (unpaired) electrons. The van der Waals surface area contributed by atoms with Crippen molar-refractivity contribution in [1.82, 2.24) is 9.55 Å². The van der Waals surface area contributed by atoms with Crippen LogP contribution >= 0.6 is 0 Å². The van der Waals surface area contributed by atoms with Gasteiger partial charge >= 0.3 is 0 Å². The average molecular weight is 392 g/mol. The summed E-state index contributed by atoms with van der Waals surface area (Å²) in [6, 6.07) is 3.62. The highest BCUT2D eigenvalue weighted by Gasteiger charge is 2.20. The fraction of sp³-hybridized carbons (Fsp3) is 0.167. The molecule has 4 N–H and O–H groups in total. The van der Waals surface area contributed by atoms with Gasteiger partial charge in [0.1, 0.15) is 22.9 Å². The Labute approximate surface area is 156 Å². The van der Waals surface area contributed by atoms with Gasteiger partial charge in [0.25, 0.3) is 5.91 Å². The van der Waals surface area contributed by atoms with E-state index in [-0.39, 0.29) is 23.4 Å². The summed E-state index contributed by atoms with van der Waals surface area (Å²) >= 11 is 0. The van der Waals surface area contributed by atoms with E-state index in [1.165, 1.54) is 19.1 Å². The fourth-order valence-electron chi connectivity index (χ4n) is 2.66. The van der Waals surface area contributed by atoms with Gasteiger partial charge in [-0.3, -0.25) is 14.2 Å². The molecule has 0 saturated carbocycles. The molecular formula is C18H15F3N4O3. The van der Waals surface area contributed by atoms with Crippen molar-refractivity contribution in [1.29, 1.82) is 0 Å². The number of carbonyl (C=O) groups is 1. The lowest BCUT2D eigenvalue weighted by Gasteiger charge is -2.15. The molecule has 10 heteroatoms. The molecule has 0 bridgehead atoms. The highest BCUT2D eigenvalue weighted by Crippen LogP contribution is 2.24. The van der Waals surface area contributed by atoms with Crippen molar-refractivity contribution in [2.75, 3.05) is 11.9 Å². The first-order valence-electron chi connectivity index (χ1n) is 8.12. The van der Waals surface area contributed by atoms with E-state index >= 15 is 0 Å². The Kier molecular flexibility index (Phi) is 5.06. The van der Waals surface area contributed by atoms with E-state index in [0.29, 0.717) is 12.1 Å². The number of aromatic nitrogens is 2. The van der Waals surface area contributed by atoms with Gasteiger partial charge < -0.3 is 16.2 Å². The Bertz CT molecular complexity index is 1120. The van der Waals surface area contributed by atoms with Gasteiger partial charge in [-0.15, -0.1) is 0 Å². The molecule has 0 aliphatic carbocycles. The van der Waals surface area contributed by atoms with Crippen LogP contribution in [0.25, 0.3) is 16.7 Å². The number of aliphatic hydroxyl groups excluding tert-OH is 1. The number of amides is 1. The van der Waals surface area contributed by atoms with Crippen molar-refractivity contribution in [2.45, 2.75) is 13.0 Å². The number of nitrogens with one attached hydrogen (secondary N) is 1. The molecule has 146 valence electrons. The smallest absolute Gasteiger partial charge is 0.254 e. The normalized spacial score (nSPS) is 12.2. The number of halogens is 3. The van der Waals surface area contributed by atoms with Crippen LogP contribution in [0.15, 0.2) is 35.3 Å². The minimum atomic E-state index is -1.26. The number of nitrogens with zero attached hydrogens (tertiary/aromatic N) is 2. The Morgan fingerprint density at radius 1 is 1.29 bits per heavy atom. The molecule has 0 unspecified atom stereocenters. The lowest BCUT2D eigenvalue weighted by molar-refractivity contribution is 0.0999. The second kappa shape index (κ2) is 7.31. The fourth-order valence-corrected chi connectivity index (χ4v) is 2.66. The summed E-state index contributed by atoms with van der Waals surface area (Å²) in [5.41, 5.74) is 3.01. The van der Waals surface area contributed by atoms with Crippen molar-refractivity contribution in [3.05, 3.63) is 63.7 Å². The summed E-state index contributed by atoms with van der Waals surface area (Å²) in [5.74, 6) is -4.55. The summed E-state index contributed by atoms with van der Waals surface area (Å²) in [5, 5.41) is 12.0. The molecule has 1 atom stereocenters. The number of carbonyl (C=O) groups excluding carboxylic acids is 1. The molecule has 0 saturated heterocycles. The molecule has 0 spiro atoms. The van der Waals surface area contributed by atoms with Gasteiger partial charge in [-0.1, -0.05) is 0 Å². The standard InChI is InChI=1S/C18H15F3N4O3/c1-8(26)6-23-14-3-2-10-16(27)11(17(22)28)7-25(18(10)24-14)15-12(20)4-9(19)5-13(15)21/h2-5,7-8,26H,6H2,1H3,(H2,22,28)(H,23,24)/t8-/m1/s1. The zero-order chi connectivity index (χ0) is 20.6. The molecule has 28 heavy (non-hydrogen) atoms. The molecule has 0 fully saturated rings. The van der Waals surface area contributed by atoms with Crippen LogP contribution in [0.2, 0.25) is 0 Å². The number of hydrogen-bond donors (Lipinski definition) is 3. The molecule has 1 aromatic carbocycles. The minimum absolute atomic E-state index is 0.123. The Hall–Kier alpha value is -3.40. The first-order chi connectivity index (χ1) is 13.2. The number of benzene rings is 1. The zero-order valence-corrected chi connectivity index (χ0v) is 14.5. The predicted octanol–water partition coefficient (Wildman–Crippen LogP) is 1.69. The van der Waals surface area contributed by atoms with Crippen LogP contribution in [0, 0.1) is 17.5 Å². The summed E-state index contributed by atoms with van der Waals surface area (Å²) in [6.07, 6.45) is 0.154. The number of anilines is 1. The third kappa shape index (κ3) is 3.54. The number of primary amides is 1. The quantitative estimate of drug-likeness (QED) is 0.612. The topological polar surface area (TPSA) is 110 Å². The molecule has 3 aromatic rings. The zero-order valence-electron chi connectivity index (χ0n) is 14.5. The number of rotatable bonds is 5. The maximum atomic E-state index is 14.3. The number of hydrogen-bond acceptors (Lipinski definition) is 5. The second-order valence-electron chi connectivity index (χ2n) is 6.12.